The predicted octanol–water partition coefficient (Wildman–Crippen LogP) is 1.49. The molecule has 2 aromatic heterocycles. The summed E-state index contributed by atoms with van der Waals surface area (Å²) in [5.74, 6) is -0.0789. The van der Waals surface area contributed by atoms with Gasteiger partial charge in [0.05, 0.1) is 16.7 Å². The van der Waals surface area contributed by atoms with E-state index in [0.717, 1.165) is 22.4 Å². The van der Waals surface area contributed by atoms with E-state index in [2.05, 4.69) is 31.4 Å². The van der Waals surface area contributed by atoms with Crippen molar-refractivity contribution in [3.8, 4) is 0 Å². The minimum absolute atomic E-state index is 0.0789. The Hall–Kier alpha value is -1.63. The molecule has 0 aromatic carbocycles. The van der Waals surface area contributed by atoms with E-state index in [-0.39, 0.29) is 12.5 Å². The number of carbonyl (C=O) groups excluding carboxylic acids is 1. The molecule has 0 radical (unpaired) electrons. The molecular weight excluding hydrogens is 310 g/mol. The molecule has 7 heteroatoms. The van der Waals surface area contributed by atoms with Gasteiger partial charge in [-0.1, -0.05) is 0 Å². The number of hydrogen-bond donors (Lipinski definition) is 1. The summed E-state index contributed by atoms with van der Waals surface area (Å²) in [5, 5.41) is 11.3. The normalized spacial score (nSPS) is 10.7. The molecule has 0 spiro atoms. The molecule has 2 rings (SSSR count). The average molecular weight is 326 g/mol. The second kappa shape index (κ2) is 6.01. The van der Waals surface area contributed by atoms with Crippen LogP contribution >= 0.6 is 15.9 Å². The van der Waals surface area contributed by atoms with Crippen molar-refractivity contribution in [3.63, 3.8) is 0 Å². The Morgan fingerprint density at radius 3 is 2.89 bits per heavy atom. The van der Waals surface area contributed by atoms with E-state index >= 15 is 0 Å². The maximum Gasteiger partial charge on any atom is 0.242 e. The fraction of sp³-hybridized carbons (Fsp3) is 0.417. The van der Waals surface area contributed by atoms with Gasteiger partial charge in [-0.05, 0) is 35.8 Å². The summed E-state index contributed by atoms with van der Waals surface area (Å²) in [7, 11) is 0. The molecule has 2 aromatic rings. The molecular formula is C12H16BrN5O. The molecule has 0 aliphatic heterocycles. The third-order valence-corrected chi connectivity index (χ3v) is 3.45. The number of aromatic nitrogens is 4. The van der Waals surface area contributed by atoms with Crippen LogP contribution in [0.1, 0.15) is 18.3 Å². The smallest absolute Gasteiger partial charge is 0.242 e. The second-order valence-corrected chi connectivity index (χ2v) is 5.04. The third kappa shape index (κ3) is 3.44. The van der Waals surface area contributed by atoms with Crippen LogP contribution < -0.4 is 5.32 Å². The summed E-state index contributed by atoms with van der Waals surface area (Å²) in [5.41, 5.74) is 1.79. The molecule has 0 aliphatic rings. The zero-order valence-corrected chi connectivity index (χ0v) is 12.5. The Morgan fingerprint density at radius 1 is 1.53 bits per heavy atom. The number of hydrogen-bond acceptors (Lipinski definition) is 3. The van der Waals surface area contributed by atoms with Crippen LogP contribution in [-0.2, 0) is 24.4 Å². The maximum atomic E-state index is 11.8. The fourth-order valence-electron chi connectivity index (χ4n) is 1.66. The van der Waals surface area contributed by atoms with Crippen molar-refractivity contribution in [2.45, 2.75) is 33.5 Å². The first-order chi connectivity index (χ1) is 9.10. The minimum atomic E-state index is -0.0789. The van der Waals surface area contributed by atoms with Crippen molar-refractivity contribution in [1.82, 2.24) is 24.9 Å². The number of carbonyl (C=O) groups is 1. The van der Waals surface area contributed by atoms with Crippen molar-refractivity contribution in [2.24, 2.45) is 0 Å². The van der Waals surface area contributed by atoms with Crippen LogP contribution in [-0.4, -0.2) is 25.5 Å². The van der Waals surface area contributed by atoms with Crippen LogP contribution in [0.5, 0.6) is 0 Å². The van der Waals surface area contributed by atoms with Crippen LogP contribution in [0.2, 0.25) is 0 Å². The number of rotatable bonds is 5. The van der Waals surface area contributed by atoms with Gasteiger partial charge in [-0.2, -0.15) is 10.2 Å². The standard InChI is InChI=1S/C12H16BrN5O/c1-3-17-7-10(13)11(16-17)6-14-12(19)8-18-9(2)4-5-15-18/h4-5,7H,3,6,8H2,1-2H3,(H,14,19). The zero-order chi connectivity index (χ0) is 13.8. The topological polar surface area (TPSA) is 64.7 Å². The first-order valence-corrected chi connectivity index (χ1v) is 6.86. The summed E-state index contributed by atoms with van der Waals surface area (Å²) in [6, 6.07) is 1.87. The monoisotopic (exact) mass is 325 g/mol. The van der Waals surface area contributed by atoms with Gasteiger partial charge < -0.3 is 5.32 Å². The van der Waals surface area contributed by atoms with E-state index in [1.807, 2.05) is 30.8 Å². The van der Waals surface area contributed by atoms with Gasteiger partial charge in [0.1, 0.15) is 6.54 Å². The van der Waals surface area contributed by atoms with Crippen molar-refractivity contribution in [3.05, 3.63) is 34.3 Å². The van der Waals surface area contributed by atoms with Crippen LogP contribution in [0.4, 0.5) is 0 Å². The second-order valence-electron chi connectivity index (χ2n) is 4.19. The van der Waals surface area contributed by atoms with Crippen LogP contribution in [0, 0.1) is 6.92 Å². The SMILES string of the molecule is CCn1cc(Br)c(CNC(=O)Cn2nccc2C)n1. The predicted molar refractivity (Wildman–Crippen MR) is 74.4 cm³/mol. The molecule has 0 unspecified atom stereocenters. The highest BCUT2D eigenvalue weighted by atomic mass is 79.9. The van der Waals surface area contributed by atoms with E-state index in [1.54, 1.807) is 10.9 Å². The van der Waals surface area contributed by atoms with Gasteiger partial charge >= 0.3 is 0 Å². The van der Waals surface area contributed by atoms with E-state index in [1.165, 1.54) is 0 Å². The van der Waals surface area contributed by atoms with E-state index in [9.17, 15) is 4.79 Å². The molecule has 0 aliphatic carbocycles. The summed E-state index contributed by atoms with van der Waals surface area (Å²) in [6.45, 7) is 5.37. The maximum absolute atomic E-state index is 11.8. The lowest BCUT2D eigenvalue weighted by Crippen LogP contribution is -2.28. The fourth-order valence-corrected chi connectivity index (χ4v) is 2.11. The number of nitrogens with zero attached hydrogens (tertiary/aromatic N) is 4. The molecule has 0 saturated carbocycles. The molecule has 0 fully saturated rings. The van der Waals surface area contributed by atoms with Gasteiger partial charge in [0.25, 0.3) is 0 Å². The molecule has 1 N–H and O–H groups in total. The Morgan fingerprint density at radius 2 is 2.32 bits per heavy atom. The molecule has 6 nitrogen and oxygen atoms in total. The lowest BCUT2D eigenvalue weighted by atomic mass is 10.4. The highest BCUT2D eigenvalue weighted by molar-refractivity contribution is 9.10. The van der Waals surface area contributed by atoms with Crippen molar-refractivity contribution in [1.29, 1.82) is 0 Å². The lowest BCUT2D eigenvalue weighted by molar-refractivity contribution is -0.122. The quantitative estimate of drug-likeness (QED) is 0.905. The first kappa shape index (κ1) is 13.8. The molecule has 0 saturated heterocycles. The Balaban J connectivity index is 1.89. The Kier molecular flexibility index (Phi) is 4.36. The molecule has 2 heterocycles. The summed E-state index contributed by atoms with van der Waals surface area (Å²) in [6.07, 6.45) is 3.58. The van der Waals surface area contributed by atoms with Gasteiger partial charge in [0, 0.05) is 24.6 Å². The van der Waals surface area contributed by atoms with Crippen LogP contribution in [0.3, 0.4) is 0 Å². The van der Waals surface area contributed by atoms with Gasteiger partial charge in [-0.15, -0.1) is 0 Å². The van der Waals surface area contributed by atoms with Crippen molar-refractivity contribution >= 4 is 21.8 Å². The molecule has 19 heavy (non-hydrogen) atoms. The Bertz CT molecular complexity index is 574. The molecule has 102 valence electrons. The van der Waals surface area contributed by atoms with Crippen LogP contribution in [0.15, 0.2) is 22.9 Å². The zero-order valence-electron chi connectivity index (χ0n) is 10.9. The van der Waals surface area contributed by atoms with E-state index < -0.39 is 0 Å². The summed E-state index contributed by atoms with van der Waals surface area (Å²) >= 11 is 3.43. The largest absolute Gasteiger partial charge is 0.349 e. The van der Waals surface area contributed by atoms with Gasteiger partial charge in [0.2, 0.25) is 5.91 Å². The highest BCUT2D eigenvalue weighted by Crippen LogP contribution is 2.14. The summed E-state index contributed by atoms with van der Waals surface area (Å²) in [4.78, 5) is 11.8. The molecule has 1 amide bonds. The van der Waals surface area contributed by atoms with Crippen molar-refractivity contribution in [2.75, 3.05) is 0 Å². The molecule has 0 bridgehead atoms. The highest BCUT2D eigenvalue weighted by Gasteiger charge is 2.09. The van der Waals surface area contributed by atoms with E-state index in [4.69, 9.17) is 0 Å². The van der Waals surface area contributed by atoms with Gasteiger partial charge in [0.15, 0.2) is 0 Å². The summed E-state index contributed by atoms with van der Waals surface area (Å²) < 4.78 is 4.39. The number of halogens is 1. The number of aryl methyl sites for hydroxylation is 2. The number of nitrogens with one attached hydrogen (secondary N) is 1. The van der Waals surface area contributed by atoms with E-state index in [0.29, 0.717) is 6.54 Å². The lowest BCUT2D eigenvalue weighted by Gasteiger charge is -2.05. The number of amides is 1. The average Bonchev–Trinajstić information content (AvgIpc) is 2.94. The first-order valence-electron chi connectivity index (χ1n) is 6.07. The van der Waals surface area contributed by atoms with Gasteiger partial charge in [-0.25, -0.2) is 0 Å². The minimum Gasteiger partial charge on any atom is -0.349 e. The molecule has 0 atom stereocenters. The van der Waals surface area contributed by atoms with Gasteiger partial charge in [-0.3, -0.25) is 14.2 Å². The van der Waals surface area contributed by atoms with Crippen LogP contribution in [0.25, 0.3) is 0 Å². The van der Waals surface area contributed by atoms with Crippen molar-refractivity contribution < 1.29 is 4.79 Å². The Labute approximate surface area is 119 Å². The third-order valence-electron chi connectivity index (χ3n) is 2.79.